The van der Waals surface area contributed by atoms with Gasteiger partial charge < -0.3 is 15.4 Å². The summed E-state index contributed by atoms with van der Waals surface area (Å²) < 4.78 is 7.84. The Bertz CT molecular complexity index is 996. The average Bonchev–Trinajstić information content (AvgIpc) is 3.23. The molecule has 2 amide bonds. The molecule has 8 nitrogen and oxygen atoms in total. The summed E-state index contributed by atoms with van der Waals surface area (Å²) in [7, 11) is 0. The maximum Gasteiger partial charge on any atom is 0.261 e. The predicted molar refractivity (Wildman–Crippen MR) is 112 cm³/mol. The van der Waals surface area contributed by atoms with Gasteiger partial charge in [0.15, 0.2) is 6.10 Å². The van der Waals surface area contributed by atoms with Crippen LogP contribution in [-0.4, -0.2) is 39.2 Å². The van der Waals surface area contributed by atoms with E-state index >= 15 is 0 Å². The van der Waals surface area contributed by atoms with Crippen molar-refractivity contribution in [2.24, 2.45) is 0 Å². The standard InChI is InChI=1S/C19H17BrClN5O3/c1-12(29-17-7-2-13(21)8-16(17)20)19(28)23-9-18(27)25-14-3-5-15(6-4-14)26-11-22-10-24-26/h2-8,10-12H,9H2,1H3,(H,23,28)(H,25,27). The van der Waals surface area contributed by atoms with Crippen LogP contribution in [0.5, 0.6) is 5.75 Å². The third-order valence-corrected chi connectivity index (χ3v) is 4.68. The number of hydrogen-bond donors (Lipinski definition) is 2. The van der Waals surface area contributed by atoms with Gasteiger partial charge in [0.2, 0.25) is 5.91 Å². The number of benzene rings is 2. The molecule has 150 valence electrons. The van der Waals surface area contributed by atoms with E-state index in [4.69, 9.17) is 16.3 Å². The van der Waals surface area contributed by atoms with Crippen molar-refractivity contribution < 1.29 is 14.3 Å². The number of ether oxygens (including phenoxy) is 1. The highest BCUT2D eigenvalue weighted by atomic mass is 79.9. The molecule has 1 heterocycles. The summed E-state index contributed by atoms with van der Waals surface area (Å²) in [6.07, 6.45) is 2.23. The first-order valence-electron chi connectivity index (χ1n) is 8.56. The molecule has 0 saturated carbocycles. The van der Waals surface area contributed by atoms with E-state index < -0.39 is 12.0 Å². The number of rotatable bonds is 7. The second kappa shape index (κ2) is 9.53. The largest absolute Gasteiger partial charge is 0.480 e. The van der Waals surface area contributed by atoms with Crippen molar-refractivity contribution in [3.63, 3.8) is 0 Å². The Labute approximate surface area is 180 Å². The second-order valence-corrected chi connectivity index (χ2v) is 7.28. The second-order valence-electron chi connectivity index (χ2n) is 5.99. The Hall–Kier alpha value is -2.91. The van der Waals surface area contributed by atoms with Crippen LogP contribution in [0.1, 0.15) is 6.92 Å². The van der Waals surface area contributed by atoms with Crippen LogP contribution in [-0.2, 0) is 9.59 Å². The molecule has 0 bridgehead atoms. The van der Waals surface area contributed by atoms with E-state index in [1.54, 1.807) is 60.4 Å². The quantitative estimate of drug-likeness (QED) is 0.543. The van der Waals surface area contributed by atoms with E-state index in [1.807, 2.05) is 0 Å². The molecule has 1 atom stereocenters. The molecule has 1 unspecified atom stereocenters. The van der Waals surface area contributed by atoms with Crippen LogP contribution in [0.4, 0.5) is 5.69 Å². The number of anilines is 1. The fraction of sp³-hybridized carbons (Fsp3) is 0.158. The number of carbonyl (C=O) groups excluding carboxylic acids is 2. The van der Waals surface area contributed by atoms with Crippen molar-refractivity contribution in [1.82, 2.24) is 20.1 Å². The van der Waals surface area contributed by atoms with Crippen molar-refractivity contribution in [2.75, 3.05) is 11.9 Å². The number of aromatic nitrogens is 3. The van der Waals surface area contributed by atoms with Crippen LogP contribution in [0.25, 0.3) is 5.69 Å². The highest BCUT2D eigenvalue weighted by molar-refractivity contribution is 9.10. The molecule has 1 aromatic heterocycles. The van der Waals surface area contributed by atoms with Crippen molar-refractivity contribution in [1.29, 1.82) is 0 Å². The monoisotopic (exact) mass is 477 g/mol. The molecule has 0 aliphatic carbocycles. The van der Waals surface area contributed by atoms with Crippen LogP contribution in [0.2, 0.25) is 5.02 Å². The van der Waals surface area contributed by atoms with Crippen molar-refractivity contribution in [2.45, 2.75) is 13.0 Å². The van der Waals surface area contributed by atoms with Crippen LogP contribution < -0.4 is 15.4 Å². The maximum atomic E-state index is 12.2. The minimum atomic E-state index is -0.790. The number of nitrogens with zero attached hydrogens (tertiary/aromatic N) is 3. The first-order valence-corrected chi connectivity index (χ1v) is 9.74. The smallest absolute Gasteiger partial charge is 0.261 e. The van der Waals surface area contributed by atoms with E-state index in [2.05, 4.69) is 36.6 Å². The zero-order valence-corrected chi connectivity index (χ0v) is 17.6. The van der Waals surface area contributed by atoms with Crippen LogP contribution in [0, 0.1) is 0 Å². The summed E-state index contributed by atoms with van der Waals surface area (Å²) in [5.74, 6) is -0.288. The number of halogens is 2. The lowest BCUT2D eigenvalue weighted by Crippen LogP contribution is -2.40. The zero-order chi connectivity index (χ0) is 20.8. The molecule has 0 saturated heterocycles. The summed E-state index contributed by atoms with van der Waals surface area (Å²) in [5, 5.41) is 9.84. The Morgan fingerprint density at radius 2 is 2.00 bits per heavy atom. The van der Waals surface area contributed by atoms with Gasteiger partial charge in [-0.05, 0) is 65.3 Å². The topological polar surface area (TPSA) is 98.1 Å². The molecule has 2 N–H and O–H groups in total. The minimum absolute atomic E-state index is 0.181. The molecule has 0 aliphatic heterocycles. The van der Waals surface area contributed by atoms with Crippen LogP contribution in [0.3, 0.4) is 0 Å². The molecule has 0 aliphatic rings. The molecule has 3 aromatic rings. The molecule has 0 fully saturated rings. The fourth-order valence-corrected chi connectivity index (χ4v) is 3.15. The SMILES string of the molecule is CC(Oc1ccc(Cl)cc1Br)C(=O)NCC(=O)Nc1ccc(-n2cncn2)cc1. The van der Waals surface area contributed by atoms with Gasteiger partial charge >= 0.3 is 0 Å². The van der Waals surface area contributed by atoms with Gasteiger partial charge in [-0.1, -0.05) is 11.6 Å². The minimum Gasteiger partial charge on any atom is -0.480 e. The molecular formula is C19H17BrClN5O3. The Morgan fingerprint density at radius 1 is 1.24 bits per heavy atom. The van der Waals surface area contributed by atoms with Gasteiger partial charge in [-0.2, -0.15) is 5.10 Å². The van der Waals surface area contributed by atoms with E-state index in [1.165, 1.54) is 6.33 Å². The van der Waals surface area contributed by atoms with Crippen molar-refractivity contribution in [3.05, 3.63) is 64.6 Å². The summed E-state index contributed by atoms with van der Waals surface area (Å²) in [5.41, 5.74) is 1.41. The molecule has 3 rings (SSSR count). The molecule has 2 aromatic carbocycles. The Kier molecular flexibility index (Phi) is 6.84. The molecule has 29 heavy (non-hydrogen) atoms. The summed E-state index contributed by atoms with van der Waals surface area (Å²) >= 11 is 9.21. The highest BCUT2D eigenvalue weighted by Crippen LogP contribution is 2.28. The maximum absolute atomic E-state index is 12.2. The number of carbonyl (C=O) groups is 2. The summed E-state index contributed by atoms with van der Waals surface area (Å²) in [4.78, 5) is 28.2. The lowest BCUT2D eigenvalue weighted by Gasteiger charge is -2.16. The van der Waals surface area contributed by atoms with E-state index in [-0.39, 0.29) is 12.5 Å². The van der Waals surface area contributed by atoms with Crippen molar-refractivity contribution >= 4 is 45.0 Å². The van der Waals surface area contributed by atoms with Gasteiger partial charge in [-0.15, -0.1) is 0 Å². The summed E-state index contributed by atoms with van der Waals surface area (Å²) in [6, 6.07) is 12.1. The number of hydrogen-bond acceptors (Lipinski definition) is 5. The zero-order valence-electron chi connectivity index (χ0n) is 15.3. The molecule has 0 radical (unpaired) electrons. The van der Waals surface area contributed by atoms with Gasteiger partial charge in [0.25, 0.3) is 5.91 Å². The molecule has 10 heteroatoms. The molecular weight excluding hydrogens is 462 g/mol. The van der Waals surface area contributed by atoms with E-state index in [9.17, 15) is 9.59 Å². The first-order chi connectivity index (χ1) is 13.9. The normalized spacial score (nSPS) is 11.6. The molecule has 0 spiro atoms. The van der Waals surface area contributed by atoms with Gasteiger partial charge in [0.05, 0.1) is 16.7 Å². The summed E-state index contributed by atoms with van der Waals surface area (Å²) in [6.45, 7) is 1.41. The third kappa shape index (κ3) is 5.78. The van der Waals surface area contributed by atoms with Gasteiger partial charge in [-0.3, -0.25) is 9.59 Å². The number of amides is 2. The van der Waals surface area contributed by atoms with Crippen molar-refractivity contribution in [3.8, 4) is 11.4 Å². The lowest BCUT2D eigenvalue weighted by atomic mass is 10.3. The van der Waals surface area contributed by atoms with E-state index in [0.29, 0.717) is 20.9 Å². The third-order valence-electron chi connectivity index (χ3n) is 3.82. The lowest BCUT2D eigenvalue weighted by molar-refractivity contribution is -0.129. The van der Waals surface area contributed by atoms with Gasteiger partial charge in [0.1, 0.15) is 18.4 Å². The Balaban J connectivity index is 1.47. The predicted octanol–water partition coefficient (Wildman–Crippen LogP) is 3.21. The Morgan fingerprint density at radius 3 is 2.66 bits per heavy atom. The fourth-order valence-electron chi connectivity index (χ4n) is 2.37. The highest BCUT2D eigenvalue weighted by Gasteiger charge is 2.17. The number of nitrogens with one attached hydrogen (secondary N) is 2. The van der Waals surface area contributed by atoms with Crippen LogP contribution >= 0.6 is 27.5 Å². The first kappa shape index (κ1) is 20.8. The van der Waals surface area contributed by atoms with Gasteiger partial charge in [-0.25, -0.2) is 9.67 Å². The van der Waals surface area contributed by atoms with Gasteiger partial charge in [0, 0.05) is 10.7 Å². The average molecular weight is 479 g/mol. The van der Waals surface area contributed by atoms with E-state index in [0.717, 1.165) is 5.69 Å². The van der Waals surface area contributed by atoms with Crippen LogP contribution in [0.15, 0.2) is 59.6 Å².